The lowest BCUT2D eigenvalue weighted by Crippen LogP contribution is -2.50. The van der Waals surface area contributed by atoms with Crippen molar-refractivity contribution in [3.63, 3.8) is 0 Å². The number of benzene rings is 1. The molecule has 1 fully saturated rings. The molecule has 0 aliphatic carbocycles. The minimum Gasteiger partial charge on any atom is -0.311 e. The molecule has 2 aliphatic rings. The topological polar surface area (TPSA) is 23.6 Å². The number of nitrogens with zero attached hydrogens (tertiary/aromatic N) is 2. The molecule has 1 spiro atoms. The largest absolute Gasteiger partial charge is 0.311 e. The second-order valence-corrected chi connectivity index (χ2v) is 7.75. The predicted molar refractivity (Wildman–Crippen MR) is 94.4 cm³/mol. The van der Waals surface area contributed by atoms with Crippen LogP contribution in [0.5, 0.6) is 0 Å². The molecule has 3 rings (SSSR count). The SMILES string of the molecule is CCCN1C(=O)C2(CCN(C(C)C)CC2)c2cc(Br)ccc21. The van der Waals surface area contributed by atoms with Crippen LogP contribution in [0.1, 0.15) is 45.6 Å². The molecule has 1 aromatic carbocycles. The van der Waals surface area contributed by atoms with Crippen LogP contribution >= 0.6 is 15.9 Å². The lowest BCUT2D eigenvalue weighted by molar-refractivity contribution is -0.125. The zero-order chi connectivity index (χ0) is 15.9. The van der Waals surface area contributed by atoms with Crippen LogP contribution in [0.2, 0.25) is 0 Å². The van der Waals surface area contributed by atoms with E-state index in [1.165, 1.54) is 5.56 Å². The zero-order valence-electron chi connectivity index (χ0n) is 13.7. The first-order valence-corrected chi connectivity index (χ1v) is 9.15. The summed E-state index contributed by atoms with van der Waals surface area (Å²) < 4.78 is 1.07. The third kappa shape index (κ3) is 2.41. The van der Waals surface area contributed by atoms with Crippen LogP contribution in [0.3, 0.4) is 0 Å². The number of likely N-dealkylation sites (tertiary alicyclic amines) is 1. The monoisotopic (exact) mass is 364 g/mol. The van der Waals surface area contributed by atoms with Crippen molar-refractivity contribution >= 4 is 27.5 Å². The molecule has 0 aromatic heterocycles. The molecule has 2 aliphatic heterocycles. The van der Waals surface area contributed by atoms with Crippen LogP contribution in [-0.4, -0.2) is 36.5 Å². The summed E-state index contributed by atoms with van der Waals surface area (Å²) in [6.45, 7) is 9.46. The van der Waals surface area contributed by atoms with Crippen LogP contribution in [0.25, 0.3) is 0 Å². The second kappa shape index (κ2) is 5.97. The van der Waals surface area contributed by atoms with Crippen LogP contribution in [0.15, 0.2) is 22.7 Å². The molecule has 0 unspecified atom stereocenters. The summed E-state index contributed by atoms with van der Waals surface area (Å²) in [5.41, 5.74) is 2.08. The van der Waals surface area contributed by atoms with E-state index in [2.05, 4.69) is 59.8 Å². The van der Waals surface area contributed by atoms with Crippen molar-refractivity contribution in [1.82, 2.24) is 4.90 Å². The van der Waals surface area contributed by atoms with Gasteiger partial charge in [-0.1, -0.05) is 22.9 Å². The summed E-state index contributed by atoms with van der Waals surface area (Å²) in [4.78, 5) is 17.7. The van der Waals surface area contributed by atoms with Gasteiger partial charge in [0.1, 0.15) is 0 Å². The molecule has 0 saturated carbocycles. The molecule has 22 heavy (non-hydrogen) atoms. The lowest BCUT2D eigenvalue weighted by Gasteiger charge is -2.40. The van der Waals surface area contributed by atoms with E-state index in [0.717, 1.165) is 49.1 Å². The number of carbonyl (C=O) groups is 1. The minimum atomic E-state index is -0.292. The van der Waals surface area contributed by atoms with Gasteiger partial charge >= 0.3 is 0 Å². The number of fused-ring (bicyclic) bond motifs is 2. The van der Waals surface area contributed by atoms with Crippen molar-refractivity contribution in [3.8, 4) is 0 Å². The highest BCUT2D eigenvalue weighted by molar-refractivity contribution is 9.10. The van der Waals surface area contributed by atoms with E-state index in [-0.39, 0.29) is 5.41 Å². The number of amides is 1. The predicted octanol–water partition coefficient (Wildman–Crippen LogP) is 3.95. The Kier molecular flexibility index (Phi) is 4.34. The average Bonchev–Trinajstić information content (AvgIpc) is 2.71. The molecule has 3 nitrogen and oxygen atoms in total. The van der Waals surface area contributed by atoms with Crippen LogP contribution in [0, 0.1) is 0 Å². The van der Waals surface area contributed by atoms with E-state index in [9.17, 15) is 4.79 Å². The number of halogens is 1. The van der Waals surface area contributed by atoms with Gasteiger partial charge in [-0.15, -0.1) is 0 Å². The maximum atomic E-state index is 13.2. The summed E-state index contributed by atoms with van der Waals surface area (Å²) in [6.07, 6.45) is 2.87. The smallest absolute Gasteiger partial charge is 0.237 e. The van der Waals surface area contributed by atoms with E-state index in [0.29, 0.717) is 11.9 Å². The van der Waals surface area contributed by atoms with Crippen LogP contribution < -0.4 is 4.90 Å². The normalized spacial score (nSPS) is 21.0. The molecular weight excluding hydrogens is 340 g/mol. The molecule has 0 N–H and O–H groups in total. The molecule has 1 amide bonds. The van der Waals surface area contributed by atoms with Crippen LogP contribution in [0.4, 0.5) is 5.69 Å². The van der Waals surface area contributed by atoms with Gasteiger partial charge in [0.25, 0.3) is 0 Å². The van der Waals surface area contributed by atoms with Gasteiger partial charge in [0.05, 0.1) is 5.41 Å². The highest BCUT2D eigenvalue weighted by Crippen LogP contribution is 2.49. The third-order valence-electron chi connectivity index (χ3n) is 5.25. The van der Waals surface area contributed by atoms with Crippen molar-refractivity contribution < 1.29 is 4.79 Å². The number of anilines is 1. The standard InChI is InChI=1S/C18H25BrN2O/c1-4-9-21-16-6-5-14(19)12-15(16)18(17(21)22)7-10-20(11-8-18)13(2)3/h5-6,12-13H,4,7-11H2,1-3H3. The number of hydrogen-bond donors (Lipinski definition) is 0. The van der Waals surface area contributed by atoms with Gasteiger partial charge in [-0.05, 0) is 70.0 Å². The van der Waals surface area contributed by atoms with Gasteiger partial charge in [-0.3, -0.25) is 4.79 Å². The Balaban J connectivity index is 1.99. The van der Waals surface area contributed by atoms with Gasteiger partial charge in [-0.2, -0.15) is 0 Å². The molecule has 0 radical (unpaired) electrons. The minimum absolute atomic E-state index is 0.292. The van der Waals surface area contributed by atoms with Gasteiger partial charge in [0.2, 0.25) is 5.91 Å². The summed E-state index contributed by atoms with van der Waals surface area (Å²) in [7, 11) is 0. The molecule has 1 saturated heterocycles. The number of hydrogen-bond acceptors (Lipinski definition) is 2. The Bertz CT molecular complexity index is 576. The lowest BCUT2D eigenvalue weighted by atomic mass is 9.73. The van der Waals surface area contributed by atoms with Gasteiger partial charge in [0, 0.05) is 22.7 Å². The molecule has 0 atom stereocenters. The van der Waals surface area contributed by atoms with Crippen molar-refractivity contribution in [2.75, 3.05) is 24.5 Å². The van der Waals surface area contributed by atoms with E-state index in [1.54, 1.807) is 0 Å². The van der Waals surface area contributed by atoms with Crippen molar-refractivity contribution in [2.45, 2.75) is 51.5 Å². The maximum absolute atomic E-state index is 13.2. The summed E-state index contributed by atoms with van der Waals surface area (Å²) in [5, 5.41) is 0. The first-order valence-electron chi connectivity index (χ1n) is 8.35. The molecule has 1 aromatic rings. The van der Waals surface area contributed by atoms with Crippen molar-refractivity contribution in [3.05, 3.63) is 28.2 Å². The number of piperidine rings is 1. The molecular formula is C18H25BrN2O. The molecule has 120 valence electrons. The van der Waals surface area contributed by atoms with Gasteiger partial charge in [0.15, 0.2) is 0 Å². The first-order chi connectivity index (χ1) is 10.5. The van der Waals surface area contributed by atoms with Crippen LogP contribution in [-0.2, 0) is 10.2 Å². The zero-order valence-corrected chi connectivity index (χ0v) is 15.3. The Morgan fingerprint density at radius 1 is 1.27 bits per heavy atom. The summed E-state index contributed by atoms with van der Waals surface area (Å²) >= 11 is 3.59. The quantitative estimate of drug-likeness (QED) is 0.810. The van der Waals surface area contributed by atoms with Crippen molar-refractivity contribution in [1.29, 1.82) is 0 Å². The van der Waals surface area contributed by atoms with E-state index in [1.807, 2.05) is 4.90 Å². The summed E-state index contributed by atoms with van der Waals surface area (Å²) in [6, 6.07) is 6.89. The Hall–Kier alpha value is -0.870. The molecule has 4 heteroatoms. The Morgan fingerprint density at radius 3 is 2.55 bits per heavy atom. The maximum Gasteiger partial charge on any atom is 0.237 e. The Morgan fingerprint density at radius 2 is 1.95 bits per heavy atom. The van der Waals surface area contributed by atoms with E-state index >= 15 is 0 Å². The fraction of sp³-hybridized carbons (Fsp3) is 0.611. The van der Waals surface area contributed by atoms with E-state index in [4.69, 9.17) is 0 Å². The highest BCUT2D eigenvalue weighted by Gasteiger charge is 2.51. The molecule has 2 heterocycles. The number of carbonyl (C=O) groups excluding carboxylic acids is 1. The Labute approximate surface area is 141 Å². The van der Waals surface area contributed by atoms with Gasteiger partial charge in [-0.25, -0.2) is 0 Å². The third-order valence-corrected chi connectivity index (χ3v) is 5.74. The fourth-order valence-electron chi connectivity index (χ4n) is 3.96. The van der Waals surface area contributed by atoms with Gasteiger partial charge < -0.3 is 9.80 Å². The van der Waals surface area contributed by atoms with E-state index < -0.39 is 0 Å². The summed E-state index contributed by atoms with van der Waals surface area (Å²) in [5.74, 6) is 0.325. The first kappa shape index (κ1) is 16.0. The molecule has 0 bridgehead atoms. The van der Waals surface area contributed by atoms with Crippen molar-refractivity contribution in [2.24, 2.45) is 0 Å². The average molecular weight is 365 g/mol. The fourth-order valence-corrected chi connectivity index (χ4v) is 4.32. The second-order valence-electron chi connectivity index (χ2n) is 6.83. The number of rotatable bonds is 3. The highest BCUT2D eigenvalue weighted by atomic mass is 79.9.